The van der Waals surface area contributed by atoms with Crippen molar-refractivity contribution in [2.45, 2.75) is 56.9 Å². The summed E-state index contributed by atoms with van der Waals surface area (Å²) >= 11 is 0. The molecule has 0 saturated carbocycles. The van der Waals surface area contributed by atoms with Gasteiger partial charge in [0.1, 0.15) is 0 Å². The van der Waals surface area contributed by atoms with E-state index in [1.807, 2.05) is 6.26 Å². The first-order valence-electron chi connectivity index (χ1n) is 9.44. The van der Waals surface area contributed by atoms with Crippen LogP contribution in [-0.2, 0) is 20.8 Å². The number of fused-ring (bicyclic) bond motifs is 1. The Morgan fingerprint density at radius 3 is 2.83 bits per heavy atom. The third-order valence-corrected chi connectivity index (χ3v) is 5.71. The van der Waals surface area contributed by atoms with Gasteiger partial charge in [0, 0.05) is 44.5 Å². The fraction of sp³-hybridized carbons (Fsp3) is 0.789. The van der Waals surface area contributed by atoms with E-state index in [0.717, 1.165) is 65.2 Å². The standard InChI is InChI=1S/C19H29NO4/c1-2-18-19(3-7-20(18)11-16-6-10-22-13-16)24-17(1)14-23-12-15-4-8-21-9-5-15/h6,10,13,15,17-19H,1-5,7-9,11-12,14H2/t17-,18-,19-/m0/s1. The molecule has 0 bridgehead atoms. The Kier molecular flexibility index (Phi) is 5.53. The topological polar surface area (TPSA) is 44.1 Å². The molecule has 3 aliphatic rings. The van der Waals surface area contributed by atoms with Crippen molar-refractivity contribution < 1.29 is 18.6 Å². The van der Waals surface area contributed by atoms with Crippen LogP contribution in [0.3, 0.4) is 0 Å². The van der Waals surface area contributed by atoms with E-state index in [9.17, 15) is 0 Å². The molecule has 0 aromatic carbocycles. The number of rotatable bonds is 6. The summed E-state index contributed by atoms with van der Waals surface area (Å²) in [6.07, 6.45) is 10.0. The average Bonchev–Trinajstić information content (AvgIpc) is 3.26. The van der Waals surface area contributed by atoms with Gasteiger partial charge in [0.25, 0.3) is 0 Å². The summed E-state index contributed by atoms with van der Waals surface area (Å²) in [7, 11) is 0. The lowest BCUT2D eigenvalue weighted by molar-refractivity contribution is -0.105. The second-order valence-electron chi connectivity index (χ2n) is 7.43. The monoisotopic (exact) mass is 335 g/mol. The van der Waals surface area contributed by atoms with Crippen molar-refractivity contribution in [3.63, 3.8) is 0 Å². The lowest BCUT2D eigenvalue weighted by Gasteiger charge is -2.36. The van der Waals surface area contributed by atoms with Gasteiger partial charge in [-0.1, -0.05) is 0 Å². The summed E-state index contributed by atoms with van der Waals surface area (Å²) in [6, 6.07) is 2.62. The third kappa shape index (κ3) is 4.02. The minimum atomic E-state index is 0.278. The highest BCUT2D eigenvalue weighted by atomic mass is 16.5. The summed E-state index contributed by atoms with van der Waals surface area (Å²) in [5.74, 6) is 0.673. The summed E-state index contributed by atoms with van der Waals surface area (Å²) < 4.78 is 22.9. The molecule has 0 spiro atoms. The fourth-order valence-corrected chi connectivity index (χ4v) is 4.30. The van der Waals surface area contributed by atoms with Gasteiger partial charge in [-0.25, -0.2) is 0 Å². The molecule has 0 N–H and O–H groups in total. The third-order valence-electron chi connectivity index (χ3n) is 5.71. The van der Waals surface area contributed by atoms with E-state index < -0.39 is 0 Å². The average molecular weight is 335 g/mol. The molecule has 0 amide bonds. The molecule has 0 aliphatic carbocycles. The molecule has 134 valence electrons. The van der Waals surface area contributed by atoms with Crippen molar-refractivity contribution in [1.29, 1.82) is 0 Å². The zero-order valence-electron chi connectivity index (χ0n) is 14.4. The highest BCUT2D eigenvalue weighted by Gasteiger charge is 2.39. The Balaban J connectivity index is 1.19. The maximum Gasteiger partial charge on any atom is 0.0947 e. The minimum absolute atomic E-state index is 0.278. The van der Waals surface area contributed by atoms with Gasteiger partial charge in [-0.3, -0.25) is 4.90 Å². The summed E-state index contributed by atoms with van der Waals surface area (Å²) in [6.45, 7) is 5.50. The molecule has 1 aromatic rings. The molecule has 4 heterocycles. The number of ether oxygens (including phenoxy) is 3. The smallest absolute Gasteiger partial charge is 0.0947 e. The van der Waals surface area contributed by atoms with Gasteiger partial charge in [-0.05, 0) is 44.1 Å². The number of furan rings is 1. The van der Waals surface area contributed by atoms with E-state index in [4.69, 9.17) is 18.6 Å². The first kappa shape index (κ1) is 16.6. The lowest BCUT2D eigenvalue weighted by atomic mass is 9.99. The molecular weight excluding hydrogens is 306 g/mol. The van der Waals surface area contributed by atoms with Crippen molar-refractivity contribution in [2.75, 3.05) is 33.0 Å². The molecular formula is C19H29NO4. The van der Waals surface area contributed by atoms with Gasteiger partial charge in [0.15, 0.2) is 0 Å². The van der Waals surface area contributed by atoms with Gasteiger partial charge in [0.05, 0.1) is 31.3 Å². The largest absolute Gasteiger partial charge is 0.472 e. The highest BCUT2D eigenvalue weighted by Crippen LogP contribution is 2.32. The summed E-state index contributed by atoms with van der Waals surface area (Å²) in [5, 5.41) is 0. The Morgan fingerprint density at radius 2 is 2.00 bits per heavy atom. The van der Waals surface area contributed by atoms with Crippen LogP contribution in [0.1, 0.15) is 37.7 Å². The quantitative estimate of drug-likeness (QED) is 0.800. The Labute approximate surface area is 144 Å². The van der Waals surface area contributed by atoms with E-state index in [0.29, 0.717) is 18.1 Å². The van der Waals surface area contributed by atoms with Gasteiger partial charge in [0.2, 0.25) is 0 Å². The molecule has 5 heteroatoms. The van der Waals surface area contributed by atoms with Crippen LogP contribution >= 0.6 is 0 Å². The van der Waals surface area contributed by atoms with E-state index in [1.54, 1.807) is 6.26 Å². The van der Waals surface area contributed by atoms with E-state index in [1.165, 1.54) is 12.0 Å². The van der Waals surface area contributed by atoms with Gasteiger partial charge in [-0.2, -0.15) is 0 Å². The van der Waals surface area contributed by atoms with E-state index >= 15 is 0 Å². The van der Waals surface area contributed by atoms with Crippen LogP contribution in [0.2, 0.25) is 0 Å². The zero-order chi connectivity index (χ0) is 16.2. The molecule has 3 saturated heterocycles. The Morgan fingerprint density at radius 1 is 1.08 bits per heavy atom. The molecule has 3 aliphatic heterocycles. The predicted molar refractivity (Wildman–Crippen MR) is 89.8 cm³/mol. The Bertz CT molecular complexity index is 486. The Hall–Kier alpha value is -0.880. The normalized spacial score (nSPS) is 32.1. The van der Waals surface area contributed by atoms with Crippen molar-refractivity contribution in [3.8, 4) is 0 Å². The molecule has 4 rings (SSSR count). The van der Waals surface area contributed by atoms with Crippen LogP contribution in [0.5, 0.6) is 0 Å². The van der Waals surface area contributed by atoms with Crippen LogP contribution in [0.4, 0.5) is 0 Å². The SMILES string of the molecule is c1cc(CN2CC[C@@H]3O[C@H](COCC4CCOCC4)CC[C@@H]32)co1. The molecule has 0 radical (unpaired) electrons. The van der Waals surface area contributed by atoms with Crippen LogP contribution < -0.4 is 0 Å². The number of hydrogen-bond acceptors (Lipinski definition) is 5. The number of likely N-dealkylation sites (tertiary alicyclic amines) is 1. The number of nitrogens with zero attached hydrogens (tertiary/aromatic N) is 1. The fourth-order valence-electron chi connectivity index (χ4n) is 4.30. The minimum Gasteiger partial charge on any atom is -0.472 e. The first-order valence-corrected chi connectivity index (χ1v) is 9.44. The second-order valence-corrected chi connectivity index (χ2v) is 7.43. The van der Waals surface area contributed by atoms with Crippen molar-refractivity contribution in [3.05, 3.63) is 24.2 Å². The van der Waals surface area contributed by atoms with Crippen LogP contribution in [0.15, 0.2) is 23.0 Å². The first-order chi connectivity index (χ1) is 11.9. The molecule has 24 heavy (non-hydrogen) atoms. The van der Waals surface area contributed by atoms with E-state index in [2.05, 4.69) is 11.0 Å². The predicted octanol–water partition coefficient (Wildman–Crippen LogP) is 2.84. The molecule has 1 aromatic heterocycles. The summed E-state index contributed by atoms with van der Waals surface area (Å²) in [5.41, 5.74) is 1.26. The number of hydrogen-bond donors (Lipinski definition) is 0. The maximum atomic E-state index is 6.33. The molecule has 3 fully saturated rings. The van der Waals surface area contributed by atoms with Crippen molar-refractivity contribution >= 4 is 0 Å². The van der Waals surface area contributed by atoms with Gasteiger partial charge in [-0.15, -0.1) is 0 Å². The molecule has 5 nitrogen and oxygen atoms in total. The second kappa shape index (κ2) is 8.00. The molecule has 3 atom stereocenters. The zero-order valence-corrected chi connectivity index (χ0v) is 14.4. The highest BCUT2D eigenvalue weighted by molar-refractivity contribution is 5.07. The van der Waals surface area contributed by atoms with Crippen LogP contribution in [0, 0.1) is 5.92 Å². The molecule has 0 unspecified atom stereocenters. The van der Waals surface area contributed by atoms with Gasteiger partial charge >= 0.3 is 0 Å². The van der Waals surface area contributed by atoms with E-state index in [-0.39, 0.29) is 6.10 Å². The van der Waals surface area contributed by atoms with Crippen molar-refractivity contribution in [1.82, 2.24) is 4.90 Å². The van der Waals surface area contributed by atoms with Crippen molar-refractivity contribution in [2.24, 2.45) is 5.92 Å². The summed E-state index contributed by atoms with van der Waals surface area (Å²) in [4.78, 5) is 2.55. The van der Waals surface area contributed by atoms with Crippen LogP contribution in [0.25, 0.3) is 0 Å². The van der Waals surface area contributed by atoms with Crippen LogP contribution in [-0.4, -0.2) is 56.1 Å². The van der Waals surface area contributed by atoms with Gasteiger partial charge < -0.3 is 18.6 Å². The maximum absolute atomic E-state index is 6.33. The lowest BCUT2D eigenvalue weighted by Crippen LogP contribution is -2.43.